The molecule has 0 radical (unpaired) electrons. The molecule has 15 heavy (non-hydrogen) atoms. The third-order valence-electron chi connectivity index (χ3n) is 1.87. The smallest absolute Gasteiger partial charge is 0.106 e. The van der Waals surface area contributed by atoms with E-state index in [0.717, 1.165) is 0 Å². The van der Waals surface area contributed by atoms with Crippen LogP contribution in [-0.4, -0.2) is 18.1 Å². The van der Waals surface area contributed by atoms with Crippen molar-refractivity contribution in [2.45, 2.75) is 30.4 Å². The summed E-state index contributed by atoms with van der Waals surface area (Å²) < 4.78 is -0.0503. The highest BCUT2D eigenvalue weighted by Crippen LogP contribution is 2.31. The van der Waals surface area contributed by atoms with Crippen molar-refractivity contribution in [1.29, 1.82) is 0 Å². The Morgan fingerprint density at radius 2 is 1.87 bits per heavy atom. The summed E-state index contributed by atoms with van der Waals surface area (Å²) >= 11 is 1.77. The van der Waals surface area contributed by atoms with Crippen LogP contribution < -0.4 is 0 Å². The zero-order valence-electron chi connectivity index (χ0n) is 9.65. The number of hydrogen-bond donors (Lipinski definition) is 0. The van der Waals surface area contributed by atoms with Crippen LogP contribution in [0.1, 0.15) is 19.4 Å². The van der Waals surface area contributed by atoms with Gasteiger partial charge in [-0.1, -0.05) is 22.9 Å². The SMILES string of the molecule is CO/N=C\C(C)(C)Sc1ccc(C)cc1. The fraction of sp³-hybridized carbons (Fsp3) is 0.417. The highest BCUT2D eigenvalue weighted by atomic mass is 32.2. The van der Waals surface area contributed by atoms with Crippen LogP contribution in [0.4, 0.5) is 0 Å². The molecular formula is C12H17NOS. The maximum Gasteiger partial charge on any atom is 0.106 e. The summed E-state index contributed by atoms with van der Waals surface area (Å²) in [6, 6.07) is 8.49. The number of rotatable bonds is 4. The first-order chi connectivity index (χ1) is 7.03. The number of benzene rings is 1. The number of thioether (sulfide) groups is 1. The Morgan fingerprint density at radius 3 is 2.40 bits per heavy atom. The molecule has 0 atom stereocenters. The molecule has 0 heterocycles. The lowest BCUT2D eigenvalue weighted by Gasteiger charge is -2.17. The molecule has 0 fully saturated rings. The first-order valence-electron chi connectivity index (χ1n) is 4.87. The monoisotopic (exact) mass is 223 g/mol. The summed E-state index contributed by atoms with van der Waals surface area (Å²) in [4.78, 5) is 5.93. The van der Waals surface area contributed by atoms with E-state index in [0.29, 0.717) is 0 Å². The van der Waals surface area contributed by atoms with Crippen molar-refractivity contribution in [2.24, 2.45) is 5.16 Å². The lowest BCUT2D eigenvalue weighted by Crippen LogP contribution is -2.16. The summed E-state index contributed by atoms with van der Waals surface area (Å²) in [5, 5.41) is 3.81. The molecule has 0 aliphatic carbocycles. The molecule has 3 heteroatoms. The van der Waals surface area contributed by atoms with E-state index in [1.54, 1.807) is 18.9 Å². The molecule has 0 aromatic heterocycles. The molecule has 0 aliphatic heterocycles. The molecule has 1 aromatic carbocycles. The van der Waals surface area contributed by atoms with E-state index < -0.39 is 0 Å². The van der Waals surface area contributed by atoms with Crippen molar-refractivity contribution < 1.29 is 4.84 Å². The maximum absolute atomic E-state index is 4.69. The highest BCUT2D eigenvalue weighted by molar-refractivity contribution is 8.01. The molecule has 0 saturated carbocycles. The highest BCUT2D eigenvalue weighted by Gasteiger charge is 2.16. The third-order valence-corrected chi connectivity index (χ3v) is 3.01. The van der Waals surface area contributed by atoms with Gasteiger partial charge < -0.3 is 4.84 Å². The molecular weight excluding hydrogens is 206 g/mol. The fourth-order valence-electron chi connectivity index (χ4n) is 1.12. The summed E-state index contributed by atoms with van der Waals surface area (Å²) in [5.41, 5.74) is 1.28. The van der Waals surface area contributed by atoms with Gasteiger partial charge in [-0.15, -0.1) is 11.8 Å². The van der Waals surface area contributed by atoms with E-state index >= 15 is 0 Å². The first-order valence-corrected chi connectivity index (χ1v) is 5.68. The van der Waals surface area contributed by atoms with E-state index in [1.807, 2.05) is 6.21 Å². The molecule has 1 rings (SSSR count). The summed E-state index contributed by atoms with van der Waals surface area (Å²) in [7, 11) is 1.56. The molecule has 82 valence electrons. The van der Waals surface area contributed by atoms with Gasteiger partial charge in [-0.2, -0.15) is 0 Å². The average Bonchev–Trinajstić information content (AvgIpc) is 2.18. The minimum Gasteiger partial charge on any atom is -0.399 e. The van der Waals surface area contributed by atoms with Gasteiger partial charge in [0.1, 0.15) is 7.11 Å². The van der Waals surface area contributed by atoms with E-state index in [1.165, 1.54) is 10.5 Å². The number of oxime groups is 1. The van der Waals surface area contributed by atoms with Gasteiger partial charge in [0.15, 0.2) is 0 Å². The zero-order chi connectivity index (χ0) is 11.3. The minimum absolute atomic E-state index is 0.0503. The second-order valence-corrected chi connectivity index (χ2v) is 5.66. The van der Waals surface area contributed by atoms with Crippen LogP contribution in [0, 0.1) is 6.92 Å². The standard InChI is InChI=1S/C12H17NOS/c1-10-5-7-11(8-6-10)15-12(2,3)9-13-14-4/h5-9H,1-4H3/b13-9-. The van der Waals surface area contributed by atoms with Gasteiger partial charge in [-0.25, -0.2) is 0 Å². The Morgan fingerprint density at radius 1 is 1.27 bits per heavy atom. The average molecular weight is 223 g/mol. The van der Waals surface area contributed by atoms with Crippen molar-refractivity contribution in [3.8, 4) is 0 Å². The van der Waals surface area contributed by atoms with Crippen LogP contribution in [0.5, 0.6) is 0 Å². The van der Waals surface area contributed by atoms with Gasteiger partial charge in [0.2, 0.25) is 0 Å². The number of hydrogen-bond acceptors (Lipinski definition) is 3. The molecule has 2 nitrogen and oxygen atoms in total. The Kier molecular flexibility index (Phi) is 4.21. The van der Waals surface area contributed by atoms with Crippen LogP contribution >= 0.6 is 11.8 Å². The van der Waals surface area contributed by atoms with Gasteiger partial charge in [-0.05, 0) is 32.9 Å². The lowest BCUT2D eigenvalue weighted by molar-refractivity contribution is 0.214. The van der Waals surface area contributed by atoms with Crippen molar-refractivity contribution in [3.05, 3.63) is 29.8 Å². The molecule has 0 saturated heterocycles. The molecule has 1 aromatic rings. The number of aryl methyl sites for hydroxylation is 1. The first kappa shape index (κ1) is 12.1. The van der Waals surface area contributed by atoms with E-state index in [-0.39, 0.29) is 4.75 Å². The van der Waals surface area contributed by atoms with Crippen molar-refractivity contribution in [1.82, 2.24) is 0 Å². The van der Waals surface area contributed by atoms with Gasteiger partial charge in [0.25, 0.3) is 0 Å². The van der Waals surface area contributed by atoms with Crippen molar-refractivity contribution in [3.63, 3.8) is 0 Å². The number of nitrogens with zero attached hydrogens (tertiary/aromatic N) is 1. The van der Waals surface area contributed by atoms with Crippen LogP contribution in [0.2, 0.25) is 0 Å². The molecule has 0 amide bonds. The van der Waals surface area contributed by atoms with Crippen molar-refractivity contribution >= 4 is 18.0 Å². The Labute approximate surface area is 95.7 Å². The summed E-state index contributed by atoms with van der Waals surface area (Å²) in [6.07, 6.45) is 1.82. The van der Waals surface area contributed by atoms with Crippen LogP contribution in [0.25, 0.3) is 0 Å². The predicted molar refractivity (Wildman–Crippen MR) is 66.6 cm³/mol. The molecule has 0 unspecified atom stereocenters. The van der Waals surface area contributed by atoms with Crippen molar-refractivity contribution in [2.75, 3.05) is 7.11 Å². The second kappa shape index (κ2) is 5.21. The lowest BCUT2D eigenvalue weighted by atomic mass is 10.2. The van der Waals surface area contributed by atoms with Gasteiger partial charge in [-0.3, -0.25) is 0 Å². The molecule has 0 aliphatic rings. The normalized spacial score (nSPS) is 12.0. The van der Waals surface area contributed by atoms with Gasteiger partial charge in [0.05, 0.1) is 11.0 Å². The topological polar surface area (TPSA) is 21.6 Å². The van der Waals surface area contributed by atoms with E-state index in [2.05, 4.69) is 50.2 Å². The van der Waals surface area contributed by atoms with Crippen LogP contribution in [0.3, 0.4) is 0 Å². The van der Waals surface area contributed by atoms with Gasteiger partial charge in [0, 0.05) is 4.90 Å². The quantitative estimate of drug-likeness (QED) is 0.442. The fourth-order valence-corrected chi connectivity index (χ4v) is 2.09. The van der Waals surface area contributed by atoms with Crippen LogP contribution in [-0.2, 0) is 4.84 Å². The largest absolute Gasteiger partial charge is 0.399 e. The van der Waals surface area contributed by atoms with Gasteiger partial charge >= 0.3 is 0 Å². The second-order valence-electron chi connectivity index (χ2n) is 3.94. The van der Waals surface area contributed by atoms with Crippen LogP contribution in [0.15, 0.2) is 34.3 Å². The molecule has 0 spiro atoms. The Hall–Kier alpha value is -0.960. The summed E-state index contributed by atoms with van der Waals surface area (Å²) in [6.45, 7) is 6.31. The van der Waals surface area contributed by atoms with E-state index in [9.17, 15) is 0 Å². The summed E-state index contributed by atoms with van der Waals surface area (Å²) in [5.74, 6) is 0. The van der Waals surface area contributed by atoms with E-state index in [4.69, 9.17) is 4.84 Å². The molecule has 0 bridgehead atoms. The third kappa shape index (κ3) is 4.38. The Bertz CT molecular complexity index is 330. The Balaban J connectivity index is 2.68. The minimum atomic E-state index is -0.0503. The molecule has 0 N–H and O–H groups in total. The zero-order valence-corrected chi connectivity index (χ0v) is 10.5. The predicted octanol–water partition coefficient (Wildman–Crippen LogP) is 3.50. The maximum atomic E-state index is 4.69.